The van der Waals surface area contributed by atoms with E-state index in [1.165, 1.54) is 51.4 Å². The van der Waals surface area contributed by atoms with Crippen molar-refractivity contribution in [3.63, 3.8) is 0 Å². The number of halogens is 1. The van der Waals surface area contributed by atoms with E-state index < -0.39 is 0 Å². The smallest absolute Gasteiger partial charge is 0.0207 e. The first-order valence-electron chi connectivity index (χ1n) is 8.07. The molecule has 0 bridgehead atoms. The molecule has 18 heavy (non-hydrogen) atoms. The predicted molar refractivity (Wildman–Crippen MR) is 90.0 cm³/mol. The number of hydrogen-bond acceptors (Lipinski definition) is 1. The van der Waals surface area contributed by atoms with Crippen LogP contribution in [0, 0.1) is 11.8 Å². The third-order valence-corrected chi connectivity index (χ3v) is 6.61. The van der Waals surface area contributed by atoms with Gasteiger partial charge in [-0.05, 0) is 38.5 Å². The van der Waals surface area contributed by atoms with Crippen molar-refractivity contribution < 1.29 is 0 Å². The minimum atomic E-state index is 0.782. The minimum absolute atomic E-state index is 0.782. The first kappa shape index (κ1) is 16.7. The van der Waals surface area contributed by atoms with Crippen LogP contribution >= 0.6 is 22.9 Å². The van der Waals surface area contributed by atoms with Gasteiger partial charge in [0, 0.05) is 34.9 Å². The summed E-state index contributed by atoms with van der Waals surface area (Å²) in [6.07, 6.45) is 11.3. The fraction of sp³-hybridized carbons (Fsp3) is 1.00. The lowest BCUT2D eigenvalue weighted by atomic mass is 9.81. The van der Waals surface area contributed by atoms with Crippen molar-refractivity contribution in [3.05, 3.63) is 0 Å². The average Bonchev–Trinajstić information content (AvgIpc) is 2.56. The van der Waals surface area contributed by atoms with Crippen LogP contribution in [0.3, 0.4) is 0 Å². The molecule has 0 amide bonds. The van der Waals surface area contributed by atoms with E-state index in [0.717, 1.165) is 23.9 Å². The van der Waals surface area contributed by atoms with Gasteiger partial charge in [0.1, 0.15) is 0 Å². The summed E-state index contributed by atoms with van der Waals surface area (Å²) < 4.78 is 2.60. The molecule has 2 heteroatoms. The molecular formula is C16H32IN. The normalized spacial score (nSPS) is 33.2. The van der Waals surface area contributed by atoms with Crippen LogP contribution in [0.15, 0.2) is 0 Å². The Hall–Kier alpha value is 0.690. The van der Waals surface area contributed by atoms with Gasteiger partial charge in [0.15, 0.2) is 0 Å². The molecule has 0 aliphatic carbocycles. The largest absolute Gasteiger partial charge is 0.241 e. The van der Waals surface area contributed by atoms with Gasteiger partial charge in [-0.3, -0.25) is 0 Å². The monoisotopic (exact) mass is 365 g/mol. The van der Waals surface area contributed by atoms with Crippen LogP contribution in [0.5, 0.6) is 0 Å². The van der Waals surface area contributed by atoms with Crippen LogP contribution in [-0.4, -0.2) is 15.2 Å². The molecular weight excluding hydrogens is 333 g/mol. The van der Waals surface area contributed by atoms with Crippen LogP contribution in [0.1, 0.15) is 79.1 Å². The summed E-state index contributed by atoms with van der Waals surface area (Å²) in [7, 11) is 0. The molecule has 4 unspecified atom stereocenters. The Morgan fingerprint density at radius 3 is 1.50 bits per heavy atom. The Balaban J connectivity index is 2.51. The summed E-state index contributed by atoms with van der Waals surface area (Å²) in [6, 6.07) is 1.56. The Kier molecular flexibility index (Phi) is 8.17. The van der Waals surface area contributed by atoms with E-state index in [1.807, 2.05) is 0 Å². The summed E-state index contributed by atoms with van der Waals surface area (Å²) in [5.41, 5.74) is 0. The van der Waals surface area contributed by atoms with Crippen molar-refractivity contribution in [2.24, 2.45) is 11.8 Å². The van der Waals surface area contributed by atoms with E-state index in [1.54, 1.807) is 0 Å². The zero-order valence-electron chi connectivity index (χ0n) is 12.8. The molecule has 0 spiro atoms. The molecule has 0 aromatic heterocycles. The number of rotatable bonds is 8. The molecule has 0 aromatic rings. The molecule has 0 N–H and O–H groups in total. The molecule has 0 radical (unpaired) electrons. The summed E-state index contributed by atoms with van der Waals surface area (Å²) in [4.78, 5) is 0. The second-order valence-electron chi connectivity index (χ2n) is 6.14. The van der Waals surface area contributed by atoms with Crippen LogP contribution < -0.4 is 0 Å². The fourth-order valence-electron chi connectivity index (χ4n) is 3.62. The summed E-state index contributed by atoms with van der Waals surface area (Å²) in [6.45, 7) is 9.51. The first-order chi connectivity index (χ1) is 8.63. The standard InChI is InChI=1S/C16H32IN/c1-5-7-9-11-15-13(3)18(17)14(4)16(15)12-10-8-6-2/h13-16H,5-12H2,1-4H3. The lowest BCUT2D eigenvalue weighted by Crippen LogP contribution is -2.24. The van der Waals surface area contributed by atoms with Gasteiger partial charge >= 0.3 is 0 Å². The maximum absolute atomic E-state index is 2.60. The molecule has 1 saturated heterocycles. The molecule has 4 atom stereocenters. The number of nitrogens with zero attached hydrogens (tertiary/aromatic N) is 1. The molecule has 1 aliphatic heterocycles. The topological polar surface area (TPSA) is 3.24 Å². The SMILES string of the molecule is CCCCCC1C(CCCCC)C(C)N(I)C1C. The second-order valence-corrected chi connectivity index (χ2v) is 7.26. The highest BCUT2D eigenvalue weighted by atomic mass is 127. The maximum Gasteiger partial charge on any atom is 0.0207 e. The van der Waals surface area contributed by atoms with E-state index in [4.69, 9.17) is 0 Å². The van der Waals surface area contributed by atoms with Crippen LogP contribution in [0.25, 0.3) is 0 Å². The highest BCUT2D eigenvalue weighted by Gasteiger charge is 2.42. The van der Waals surface area contributed by atoms with Crippen LogP contribution in [-0.2, 0) is 0 Å². The van der Waals surface area contributed by atoms with Gasteiger partial charge in [-0.25, -0.2) is 3.11 Å². The van der Waals surface area contributed by atoms with E-state index in [2.05, 4.69) is 53.7 Å². The van der Waals surface area contributed by atoms with Gasteiger partial charge in [0.25, 0.3) is 0 Å². The Morgan fingerprint density at radius 1 is 0.778 bits per heavy atom. The predicted octanol–water partition coefficient (Wildman–Crippen LogP) is 5.82. The van der Waals surface area contributed by atoms with E-state index in [0.29, 0.717) is 0 Å². The molecule has 0 saturated carbocycles. The van der Waals surface area contributed by atoms with Crippen molar-refractivity contribution in [3.8, 4) is 0 Å². The van der Waals surface area contributed by atoms with Crippen molar-refractivity contribution in [2.75, 3.05) is 0 Å². The third kappa shape index (κ3) is 4.36. The minimum Gasteiger partial charge on any atom is -0.241 e. The van der Waals surface area contributed by atoms with E-state index in [-0.39, 0.29) is 0 Å². The maximum atomic E-state index is 2.60. The van der Waals surface area contributed by atoms with Gasteiger partial charge in [0.05, 0.1) is 0 Å². The summed E-state index contributed by atoms with van der Waals surface area (Å²) >= 11 is 2.57. The Bertz CT molecular complexity index is 197. The number of unbranched alkanes of at least 4 members (excludes halogenated alkanes) is 4. The molecule has 108 valence electrons. The van der Waals surface area contributed by atoms with E-state index in [9.17, 15) is 0 Å². The molecule has 1 aliphatic rings. The van der Waals surface area contributed by atoms with Gasteiger partial charge < -0.3 is 0 Å². The average molecular weight is 365 g/mol. The van der Waals surface area contributed by atoms with Crippen molar-refractivity contribution >= 4 is 22.9 Å². The quantitative estimate of drug-likeness (QED) is 0.298. The zero-order chi connectivity index (χ0) is 13.5. The van der Waals surface area contributed by atoms with Gasteiger partial charge in [-0.1, -0.05) is 52.4 Å². The van der Waals surface area contributed by atoms with Gasteiger partial charge in [-0.15, -0.1) is 0 Å². The second kappa shape index (κ2) is 8.78. The van der Waals surface area contributed by atoms with Gasteiger partial charge in [0.2, 0.25) is 0 Å². The van der Waals surface area contributed by atoms with Crippen molar-refractivity contribution in [1.82, 2.24) is 3.11 Å². The van der Waals surface area contributed by atoms with Crippen molar-refractivity contribution in [2.45, 2.75) is 91.1 Å². The Labute approximate surface area is 129 Å². The summed E-state index contributed by atoms with van der Waals surface area (Å²) in [5, 5.41) is 0. The molecule has 1 nitrogen and oxygen atoms in total. The third-order valence-electron chi connectivity index (χ3n) is 4.85. The highest BCUT2D eigenvalue weighted by Crippen LogP contribution is 2.42. The lowest BCUT2D eigenvalue weighted by molar-refractivity contribution is 0.297. The molecule has 0 aromatic carbocycles. The van der Waals surface area contributed by atoms with E-state index >= 15 is 0 Å². The van der Waals surface area contributed by atoms with Gasteiger partial charge in [-0.2, -0.15) is 0 Å². The highest BCUT2D eigenvalue weighted by molar-refractivity contribution is 14.1. The van der Waals surface area contributed by atoms with Crippen molar-refractivity contribution in [1.29, 1.82) is 0 Å². The zero-order valence-corrected chi connectivity index (χ0v) is 14.9. The molecule has 1 heterocycles. The number of hydrogen-bond donors (Lipinski definition) is 0. The fourth-order valence-corrected chi connectivity index (χ4v) is 4.45. The Morgan fingerprint density at radius 2 is 1.17 bits per heavy atom. The molecule has 1 rings (SSSR count). The first-order valence-corrected chi connectivity index (χ1v) is 9.04. The molecule has 1 fully saturated rings. The summed E-state index contributed by atoms with van der Waals surface area (Å²) in [5.74, 6) is 1.89. The van der Waals surface area contributed by atoms with Crippen LogP contribution in [0.2, 0.25) is 0 Å². The van der Waals surface area contributed by atoms with Crippen LogP contribution in [0.4, 0.5) is 0 Å². The lowest BCUT2D eigenvalue weighted by Gasteiger charge is -2.23.